The largest absolute Gasteiger partial charge is 0.312 e. The van der Waals surface area contributed by atoms with Gasteiger partial charge in [0.1, 0.15) is 0 Å². The lowest BCUT2D eigenvalue weighted by atomic mass is 9.88. The zero-order chi connectivity index (χ0) is 9.03. The molecule has 0 aromatic carbocycles. The topological polar surface area (TPSA) is 24.1 Å². The third kappa shape index (κ3) is 1.56. The molecule has 1 rings (SSSR count). The van der Waals surface area contributed by atoms with E-state index in [-0.39, 0.29) is 11.6 Å². The molecule has 2 unspecified atom stereocenters. The van der Waals surface area contributed by atoms with E-state index in [4.69, 9.17) is 11.6 Å². The van der Waals surface area contributed by atoms with E-state index in [1.165, 1.54) is 0 Å². The molecule has 0 saturated carbocycles. The van der Waals surface area contributed by atoms with Crippen molar-refractivity contribution in [2.45, 2.75) is 11.6 Å². The van der Waals surface area contributed by atoms with Gasteiger partial charge in [0.15, 0.2) is 0 Å². The van der Waals surface area contributed by atoms with Gasteiger partial charge in [0.05, 0.1) is 5.54 Å². The van der Waals surface area contributed by atoms with Gasteiger partial charge in [-0.2, -0.15) is 0 Å². The van der Waals surface area contributed by atoms with Gasteiger partial charge in [-0.05, 0) is 14.1 Å². The second-order valence-corrected chi connectivity index (χ2v) is 3.20. The van der Waals surface area contributed by atoms with Crippen molar-refractivity contribution in [3.63, 3.8) is 0 Å². The maximum absolute atomic E-state index is 5.92. The Morgan fingerprint density at radius 3 is 2.58 bits per heavy atom. The lowest BCUT2D eigenvalue weighted by molar-refractivity contribution is 0.393. The predicted molar refractivity (Wildman–Crippen MR) is 53.6 cm³/mol. The summed E-state index contributed by atoms with van der Waals surface area (Å²) < 4.78 is 0. The first-order valence-corrected chi connectivity index (χ1v) is 4.60. The van der Waals surface area contributed by atoms with Gasteiger partial charge in [0.2, 0.25) is 0 Å². The lowest BCUT2D eigenvalue weighted by Crippen LogP contribution is -2.58. The Kier molecular flexibility index (Phi) is 3.32. The Hall–Kier alpha value is -0.310. The summed E-state index contributed by atoms with van der Waals surface area (Å²) in [6.45, 7) is 0. The van der Waals surface area contributed by atoms with Crippen molar-refractivity contribution in [1.29, 1.82) is 0 Å². The average molecular weight is 187 g/mol. The fourth-order valence-electron chi connectivity index (χ4n) is 1.47. The van der Waals surface area contributed by atoms with E-state index in [0.717, 1.165) is 0 Å². The normalized spacial score (nSPS) is 34.1. The molecule has 2 nitrogen and oxygen atoms in total. The molecule has 1 aliphatic rings. The van der Waals surface area contributed by atoms with Crippen LogP contribution in [0, 0.1) is 0 Å². The van der Waals surface area contributed by atoms with Gasteiger partial charge in [0.25, 0.3) is 0 Å². The van der Waals surface area contributed by atoms with Gasteiger partial charge in [-0.1, -0.05) is 24.3 Å². The summed E-state index contributed by atoms with van der Waals surface area (Å²) in [7, 11) is 3.86. The van der Waals surface area contributed by atoms with Gasteiger partial charge in [0, 0.05) is 11.9 Å². The van der Waals surface area contributed by atoms with E-state index in [9.17, 15) is 0 Å². The second-order valence-electron chi connectivity index (χ2n) is 2.93. The van der Waals surface area contributed by atoms with Gasteiger partial charge in [-0.15, -0.1) is 11.6 Å². The van der Waals surface area contributed by atoms with Crippen LogP contribution in [0.25, 0.3) is 0 Å². The molecule has 12 heavy (non-hydrogen) atoms. The van der Waals surface area contributed by atoms with Crippen LogP contribution in [-0.2, 0) is 0 Å². The summed E-state index contributed by atoms with van der Waals surface area (Å²) in [4.78, 5) is 0. The number of nitrogens with one attached hydrogen (secondary N) is 2. The minimum absolute atomic E-state index is 0.134. The molecule has 0 radical (unpaired) electrons. The van der Waals surface area contributed by atoms with Gasteiger partial charge in [-0.25, -0.2) is 0 Å². The SMILES string of the molecule is CNC1C=CC=CC1(CCl)NC. The molecular weight excluding hydrogens is 172 g/mol. The van der Waals surface area contributed by atoms with E-state index in [0.29, 0.717) is 5.88 Å². The fourth-order valence-corrected chi connectivity index (χ4v) is 1.85. The fraction of sp³-hybridized carbons (Fsp3) is 0.556. The third-order valence-corrected chi connectivity index (χ3v) is 2.80. The van der Waals surface area contributed by atoms with Gasteiger partial charge < -0.3 is 10.6 Å². The molecule has 68 valence electrons. The summed E-state index contributed by atoms with van der Waals surface area (Å²) in [5.74, 6) is 0.565. The number of hydrogen-bond donors (Lipinski definition) is 2. The Morgan fingerprint density at radius 1 is 1.42 bits per heavy atom. The molecule has 3 heteroatoms. The smallest absolute Gasteiger partial charge is 0.0694 e. The quantitative estimate of drug-likeness (QED) is 0.640. The molecule has 0 aromatic heterocycles. The summed E-state index contributed by atoms with van der Waals surface area (Å²) in [5.41, 5.74) is -0.134. The Labute approximate surface area is 78.7 Å². The average Bonchev–Trinajstić information content (AvgIpc) is 2.17. The number of alkyl halides is 1. The molecule has 0 aliphatic heterocycles. The van der Waals surface area contributed by atoms with Gasteiger partial charge in [-0.3, -0.25) is 0 Å². The first-order valence-electron chi connectivity index (χ1n) is 4.07. The number of allylic oxidation sites excluding steroid dienone is 2. The summed E-state index contributed by atoms with van der Waals surface area (Å²) in [6, 6.07) is 0.269. The standard InChI is InChI=1S/C9H15ClN2/c1-11-8-5-3-4-6-9(8,7-10)12-2/h3-6,8,11-12H,7H2,1-2H3. The van der Waals surface area contributed by atoms with Crippen LogP contribution in [0.5, 0.6) is 0 Å². The highest BCUT2D eigenvalue weighted by Gasteiger charge is 2.32. The zero-order valence-corrected chi connectivity index (χ0v) is 8.23. The molecule has 0 saturated heterocycles. The van der Waals surface area contributed by atoms with Crippen LogP contribution in [0.1, 0.15) is 0 Å². The number of rotatable bonds is 3. The van der Waals surface area contributed by atoms with Crippen LogP contribution < -0.4 is 10.6 Å². The maximum Gasteiger partial charge on any atom is 0.0694 e. The molecular formula is C9H15ClN2. The first-order chi connectivity index (χ1) is 5.79. The maximum atomic E-state index is 5.92. The molecule has 0 bridgehead atoms. The van der Waals surface area contributed by atoms with Crippen LogP contribution in [0.3, 0.4) is 0 Å². The molecule has 2 atom stereocenters. The van der Waals surface area contributed by atoms with E-state index >= 15 is 0 Å². The van der Waals surface area contributed by atoms with Crippen molar-refractivity contribution < 1.29 is 0 Å². The minimum Gasteiger partial charge on any atom is -0.312 e. The van der Waals surface area contributed by atoms with Crippen LogP contribution >= 0.6 is 11.6 Å². The van der Waals surface area contributed by atoms with Crippen LogP contribution in [-0.4, -0.2) is 31.6 Å². The van der Waals surface area contributed by atoms with Crippen molar-refractivity contribution in [3.05, 3.63) is 24.3 Å². The molecule has 0 spiro atoms. The lowest BCUT2D eigenvalue weighted by Gasteiger charge is -2.36. The Balaban J connectivity index is 2.84. The molecule has 0 fully saturated rings. The van der Waals surface area contributed by atoms with E-state index in [2.05, 4.69) is 22.8 Å². The number of hydrogen-bond acceptors (Lipinski definition) is 2. The number of likely N-dealkylation sites (N-methyl/N-ethyl adjacent to an activating group) is 2. The highest BCUT2D eigenvalue weighted by Crippen LogP contribution is 2.19. The molecule has 0 aromatic rings. The Morgan fingerprint density at radius 2 is 2.17 bits per heavy atom. The van der Waals surface area contributed by atoms with Crippen LogP contribution in [0.15, 0.2) is 24.3 Å². The number of halogens is 1. The third-order valence-electron chi connectivity index (χ3n) is 2.36. The van der Waals surface area contributed by atoms with E-state index < -0.39 is 0 Å². The summed E-state index contributed by atoms with van der Waals surface area (Å²) in [5, 5.41) is 6.45. The highest BCUT2D eigenvalue weighted by molar-refractivity contribution is 6.19. The van der Waals surface area contributed by atoms with E-state index in [1.54, 1.807) is 0 Å². The molecule has 2 N–H and O–H groups in total. The predicted octanol–water partition coefficient (Wildman–Crippen LogP) is 0.897. The van der Waals surface area contributed by atoms with Crippen molar-refractivity contribution in [2.24, 2.45) is 0 Å². The van der Waals surface area contributed by atoms with E-state index in [1.807, 2.05) is 26.2 Å². The van der Waals surface area contributed by atoms with Crippen molar-refractivity contribution in [3.8, 4) is 0 Å². The molecule has 0 amide bonds. The molecule has 1 aliphatic carbocycles. The summed E-state index contributed by atoms with van der Waals surface area (Å²) >= 11 is 5.92. The molecule has 0 heterocycles. The summed E-state index contributed by atoms with van der Waals surface area (Å²) in [6.07, 6.45) is 8.26. The van der Waals surface area contributed by atoms with Crippen LogP contribution in [0.2, 0.25) is 0 Å². The van der Waals surface area contributed by atoms with Crippen LogP contribution in [0.4, 0.5) is 0 Å². The second kappa shape index (κ2) is 4.08. The highest BCUT2D eigenvalue weighted by atomic mass is 35.5. The van der Waals surface area contributed by atoms with Crippen molar-refractivity contribution in [2.75, 3.05) is 20.0 Å². The minimum atomic E-state index is -0.134. The zero-order valence-electron chi connectivity index (χ0n) is 7.47. The van der Waals surface area contributed by atoms with Crippen molar-refractivity contribution >= 4 is 11.6 Å². The monoisotopic (exact) mass is 186 g/mol. The van der Waals surface area contributed by atoms with Gasteiger partial charge >= 0.3 is 0 Å². The van der Waals surface area contributed by atoms with Crippen molar-refractivity contribution in [1.82, 2.24) is 10.6 Å². The first kappa shape index (κ1) is 9.78. The Bertz CT molecular complexity index is 195.